The topological polar surface area (TPSA) is 68.5 Å². The molecular formula is C17H23N3O3. The molecule has 0 bridgehead atoms. The molecule has 6 nitrogen and oxygen atoms in total. The molecule has 124 valence electrons. The Labute approximate surface area is 136 Å². The summed E-state index contributed by atoms with van der Waals surface area (Å²) in [5.41, 5.74) is 0.815. The van der Waals surface area contributed by atoms with E-state index >= 15 is 0 Å². The lowest BCUT2D eigenvalue weighted by atomic mass is 10.2. The lowest BCUT2D eigenvalue weighted by Crippen LogP contribution is -2.44. The van der Waals surface area contributed by atoms with Gasteiger partial charge in [-0.2, -0.15) is 0 Å². The van der Waals surface area contributed by atoms with E-state index in [9.17, 15) is 4.79 Å². The minimum atomic E-state index is -0.0217. The molecule has 1 amide bonds. The number of nitrogens with zero attached hydrogens (tertiary/aromatic N) is 3. The first kappa shape index (κ1) is 17.0. The van der Waals surface area contributed by atoms with Crippen LogP contribution in [0.15, 0.2) is 28.7 Å². The molecule has 0 aliphatic heterocycles. The molecule has 0 unspecified atom stereocenters. The van der Waals surface area contributed by atoms with Gasteiger partial charge in [0.05, 0.1) is 0 Å². The van der Waals surface area contributed by atoms with Gasteiger partial charge in [0.25, 0.3) is 5.91 Å². The van der Waals surface area contributed by atoms with Crippen LogP contribution in [-0.4, -0.2) is 39.7 Å². The number of benzene rings is 1. The number of amides is 1. The van der Waals surface area contributed by atoms with Gasteiger partial charge in [0.2, 0.25) is 11.8 Å². The molecule has 0 aliphatic rings. The van der Waals surface area contributed by atoms with E-state index in [0.29, 0.717) is 17.5 Å². The van der Waals surface area contributed by atoms with Crippen molar-refractivity contribution >= 4 is 5.91 Å². The van der Waals surface area contributed by atoms with E-state index in [1.165, 1.54) is 0 Å². The van der Waals surface area contributed by atoms with Crippen molar-refractivity contribution in [2.24, 2.45) is 0 Å². The van der Waals surface area contributed by atoms with Crippen LogP contribution >= 0.6 is 0 Å². The summed E-state index contributed by atoms with van der Waals surface area (Å²) < 4.78 is 11.0. The largest absolute Gasteiger partial charge is 0.484 e. The van der Waals surface area contributed by atoms with Gasteiger partial charge >= 0.3 is 0 Å². The Morgan fingerprint density at radius 1 is 1.13 bits per heavy atom. The molecule has 0 aliphatic carbocycles. The molecule has 6 heteroatoms. The molecule has 0 atom stereocenters. The Hall–Kier alpha value is -2.37. The van der Waals surface area contributed by atoms with Crippen LogP contribution in [0, 0.1) is 6.92 Å². The van der Waals surface area contributed by atoms with Crippen molar-refractivity contribution in [3.8, 4) is 17.2 Å². The molecular weight excluding hydrogens is 294 g/mol. The summed E-state index contributed by atoms with van der Waals surface area (Å²) in [5.74, 6) is 1.60. The van der Waals surface area contributed by atoms with Crippen LogP contribution in [0.4, 0.5) is 0 Å². The van der Waals surface area contributed by atoms with Gasteiger partial charge in [-0.15, -0.1) is 10.2 Å². The van der Waals surface area contributed by atoms with E-state index in [1.807, 2.05) is 44.7 Å². The maximum absolute atomic E-state index is 12.3. The van der Waals surface area contributed by atoms with Crippen LogP contribution in [0.1, 0.15) is 33.6 Å². The van der Waals surface area contributed by atoms with Crippen LogP contribution < -0.4 is 4.74 Å². The highest BCUT2D eigenvalue weighted by atomic mass is 16.5. The van der Waals surface area contributed by atoms with Gasteiger partial charge in [-0.1, -0.05) is 0 Å². The fourth-order valence-corrected chi connectivity index (χ4v) is 2.50. The number of aryl methyl sites for hydroxylation is 1. The maximum Gasteiger partial charge on any atom is 0.260 e. The van der Waals surface area contributed by atoms with Crippen molar-refractivity contribution in [3.63, 3.8) is 0 Å². The minimum absolute atomic E-state index is 0.0217. The number of carbonyl (C=O) groups excluding carboxylic acids is 1. The predicted octanol–water partition coefficient (Wildman–Crippen LogP) is 3.07. The van der Waals surface area contributed by atoms with Gasteiger partial charge < -0.3 is 14.1 Å². The molecule has 0 N–H and O–H groups in total. The zero-order chi connectivity index (χ0) is 17.0. The van der Waals surface area contributed by atoms with Crippen LogP contribution in [-0.2, 0) is 4.79 Å². The first-order valence-corrected chi connectivity index (χ1v) is 7.73. The summed E-state index contributed by atoms with van der Waals surface area (Å²) in [7, 11) is 0. The first-order chi connectivity index (χ1) is 10.9. The molecule has 23 heavy (non-hydrogen) atoms. The van der Waals surface area contributed by atoms with Gasteiger partial charge in [-0.05, 0) is 52.0 Å². The summed E-state index contributed by atoms with van der Waals surface area (Å²) >= 11 is 0. The summed E-state index contributed by atoms with van der Waals surface area (Å²) in [6.07, 6.45) is 0. The second kappa shape index (κ2) is 7.26. The smallest absolute Gasteiger partial charge is 0.260 e. The van der Waals surface area contributed by atoms with Gasteiger partial charge in [0.15, 0.2) is 6.61 Å². The monoisotopic (exact) mass is 317 g/mol. The van der Waals surface area contributed by atoms with Crippen molar-refractivity contribution in [2.75, 3.05) is 6.61 Å². The fourth-order valence-electron chi connectivity index (χ4n) is 2.50. The third-order valence-electron chi connectivity index (χ3n) is 3.39. The highest BCUT2D eigenvalue weighted by Gasteiger charge is 2.20. The van der Waals surface area contributed by atoms with E-state index in [4.69, 9.17) is 9.15 Å². The van der Waals surface area contributed by atoms with Gasteiger partial charge in [-0.25, -0.2) is 0 Å². The van der Waals surface area contributed by atoms with Crippen LogP contribution in [0.25, 0.3) is 11.5 Å². The molecule has 2 rings (SSSR count). The SMILES string of the molecule is Cc1nnc(-c2ccc(OCC(=O)N(C(C)C)C(C)C)cc2)o1. The Morgan fingerprint density at radius 2 is 1.74 bits per heavy atom. The van der Waals surface area contributed by atoms with Crippen LogP contribution in [0.2, 0.25) is 0 Å². The fraction of sp³-hybridized carbons (Fsp3) is 0.471. The Morgan fingerprint density at radius 3 is 2.22 bits per heavy atom. The molecule has 1 aromatic carbocycles. The van der Waals surface area contributed by atoms with Crippen molar-refractivity contribution in [1.29, 1.82) is 0 Å². The van der Waals surface area contributed by atoms with E-state index in [0.717, 1.165) is 5.56 Å². The summed E-state index contributed by atoms with van der Waals surface area (Å²) in [6, 6.07) is 7.53. The minimum Gasteiger partial charge on any atom is -0.484 e. The third kappa shape index (κ3) is 4.31. The summed E-state index contributed by atoms with van der Waals surface area (Å²) in [4.78, 5) is 14.1. The second-order valence-corrected chi connectivity index (χ2v) is 5.93. The van der Waals surface area contributed by atoms with Crippen molar-refractivity contribution in [2.45, 2.75) is 46.7 Å². The molecule has 0 saturated carbocycles. The number of aromatic nitrogens is 2. The van der Waals surface area contributed by atoms with E-state index in [2.05, 4.69) is 10.2 Å². The Kier molecular flexibility index (Phi) is 5.36. The maximum atomic E-state index is 12.3. The van der Waals surface area contributed by atoms with Crippen molar-refractivity contribution < 1.29 is 13.9 Å². The zero-order valence-electron chi connectivity index (χ0n) is 14.2. The Balaban J connectivity index is 1.97. The summed E-state index contributed by atoms with van der Waals surface area (Å²) in [5, 5.41) is 7.76. The predicted molar refractivity (Wildman–Crippen MR) is 87.1 cm³/mol. The lowest BCUT2D eigenvalue weighted by molar-refractivity contribution is -0.136. The average molecular weight is 317 g/mol. The quantitative estimate of drug-likeness (QED) is 0.819. The number of carbonyl (C=O) groups is 1. The number of hydrogen-bond donors (Lipinski definition) is 0. The number of ether oxygens (including phenoxy) is 1. The van der Waals surface area contributed by atoms with Crippen LogP contribution in [0.3, 0.4) is 0 Å². The number of rotatable bonds is 6. The highest BCUT2D eigenvalue weighted by Crippen LogP contribution is 2.21. The molecule has 0 radical (unpaired) electrons. The number of hydrogen-bond acceptors (Lipinski definition) is 5. The van der Waals surface area contributed by atoms with Gasteiger partial charge in [0, 0.05) is 24.6 Å². The Bertz CT molecular complexity index is 639. The van der Waals surface area contributed by atoms with E-state index < -0.39 is 0 Å². The molecule has 0 fully saturated rings. The molecule has 0 spiro atoms. The van der Waals surface area contributed by atoms with Gasteiger partial charge in [-0.3, -0.25) is 4.79 Å². The molecule has 2 aromatic rings. The normalized spacial score (nSPS) is 11.1. The molecule has 0 saturated heterocycles. The molecule has 1 aromatic heterocycles. The second-order valence-electron chi connectivity index (χ2n) is 5.93. The van der Waals surface area contributed by atoms with Crippen molar-refractivity contribution in [3.05, 3.63) is 30.2 Å². The average Bonchev–Trinajstić information content (AvgIpc) is 2.91. The molecule has 1 heterocycles. The van der Waals surface area contributed by atoms with E-state index in [1.54, 1.807) is 19.1 Å². The lowest BCUT2D eigenvalue weighted by Gasteiger charge is -2.30. The summed E-state index contributed by atoms with van der Waals surface area (Å²) in [6.45, 7) is 9.76. The third-order valence-corrected chi connectivity index (χ3v) is 3.39. The van der Waals surface area contributed by atoms with Crippen LogP contribution in [0.5, 0.6) is 5.75 Å². The zero-order valence-corrected chi connectivity index (χ0v) is 14.2. The highest BCUT2D eigenvalue weighted by molar-refractivity contribution is 5.78. The standard InChI is InChI=1S/C17H23N3O3/c1-11(2)20(12(3)4)16(21)10-22-15-8-6-14(7-9-15)17-19-18-13(5)23-17/h6-9,11-12H,10H2,1-5H3. The first-order valence-electron chi connectivity index (χ1n) is 7.73. The van der Waals surface area contributed by atoms with Crippen molar-refractivity contribution in [1.82, 2.24) is 15.1 Å². The van der Waals surface area contributed by atoms with Gasteiger partial charge in [0.1, 0.15) is 5.75 Å². The van der Waals surface area contributed by atoms with E-state index in [-0.39, 0.29) is 24.6 Å².